The van der Waals surface area contributed by atoms with Crippen LogP contribution in [0.5, 0.6) is 5.75 Å². The summed E-state index contributed by atoms with van der Waals surface area (Å²) >= 11 is 0. The summed E-state index contributed by atoms with van der Waals surface area (Å²) in [4.78, 5) is 11.9. The zero-order valence-corrected chi connectivity index (χ0v) is 11.8. The van der Waals surface area contributed by atoms with E-state index in [0.29, 0.717) is 13.0 Å². The second-order valence-corrected chi connectivity index (χ2v) is 4.56. The topological polar surface area (TPSA) is 51.5 Å². The van der Waals surface area contributed by atoms with Crippen LogP contribution in [0.1, 0.15) is 31.2 Å². The van der Waals surface area contributed by atoms with E-state index in [1.807, 2.05) is 50.2 Å². The van der Waals surface area contributed by atoms with E-state index in [0.717, 1.165) is 17.1 Å². The molecule has 4 heteroatoms. The van der Waals surface area contributed by atoms with Gasteiger partial charge in [0, 0.05) is 0 Å². The van der Waals surface area contributed by atoms with Gasteiger partial charge in [0.15, 0.2) is 0 Å². The number of rotatable bonds is 6. The van der Waals surface area contributed by atoms with Gasteiger partial charge in [0.1, 0.15) is 11.5 Å². The van der Waals surface area contributed by atoms with Crippen molar-refractivity contribution < 1.29 is 13.9 Å². The molecule has 0 bridgehead atoms. The van der Waals surface area contributed by atoms with Gasteiger partial charge in [0.25, 0.3) is 0 Å². The molecule has 0 saturated carbocycles. The van der Waals surface area contributed by atoms with Crippen molar-refractivity contribution >= 4 is 5.91 Å². The van der Waals surface area contributed by atoms with Gasteiger partial charge in [0.2, 0.25) is 5.91 Å². The summed E-state index contributed by atoms with van der Waals surface area (Å²) in [6.45, 7) is 4.48. The highest BCUT2D eigenvalue weighted by atomic mass is 16.5. The maximum Gasteiger partial charge on any atom is 0.224 e. The fourth-order valence-electron chi connectivity index (χ4n) is 1.96. The molecule has 0 aliphatic heterocycles. The number of benzene rings is 1. The van der Waals surface area contributed by atoms with Gasteiger partial charge >= 0.3 is 0 Å². The highest BCUT2D eigenvalue weighted by Crippen LogP contribution is 2.14. The van der Waals surface area contributed by atoms with E-state index in [4.69, 9.17) is 9.15 Å². The molecule has 1 heterocycles. The fourth-order valence-corrected chi connectivity index (χ4v) is 1.96. The van der Waals surface area contributed by atoms with Gasteiger partial charge in [-0.15, -0.1) is 0 Å². The quantitative estimate of drug-likeness (QED) is 0.880. The Morgan fingerprint density at radius 1 is 1.30 bits per heavy atom. The molecule has 0 saturated heterocycles. The first-order valence-corrected chi connectivity index (χ1v) is 6.73. The molecule has 0 aliphatic carbocycles. The summed E-state index contributed by atoms with van der Waals surface area (Å²) in [5.41, 5.74) is 0.956. The third kappa shape index (κ3) is 3.88. The van der Waals surface area contributed by atoms with Crippen LogP contribution < -0.4 is 10.1 Å². The third-order valence-electron chi connectivity index (χ3n) is 2.95. The monoisotopic (exact) mass is 273 g/mol. The van der Waals surface area contributed by atoms with Crippen LogP contribution in [0.25, 0.3) is 0 Å². The minimum Gasteiger partial charge on any atom is -0.494 e. The van der Waals surface area contributed by atoms with E-state index in [-0.39, 0.29) is 11.9 Å². The SMILES string of the molecule is CCOc1ccc(CC(=O)N[C@H](C)c2ccco2)cc1. The average molecular weight is 273 g/mol. The van der Waals surface area contributed by atoms with Crippen LogP contribution in [0.15, 0.2) is 47.1 Å². The van der Waals surface area contributed by atoms with Crippen molar-refractivity contribution in [1.29, 1.82) is 0 Å². The van der Waals surface area contributed by atoms with Crippen molar-refractivity contribution in [2.24, 2.45) is 0 Å². The molecule has 1 aromatic carbocycles. The standard InChI is InChI=1S/C16H19NO3/c1-3-19-14-8-6-13(7-9-14)11-16(18)17-12(2)15-5-4-10-20-15/h4-10,12H,3,11H2,1-2H3,(H,17,18)/t12-/m1/s1. The van der Waals surface area contributed by atoms with E-state index in [1.165, 1.54) is 0 Å². The van der Waals surface area contributed by atoms with Crippen LogP contribution in [0.3, 0.4) is 0 Å². The molecule has 0 spiro atoms. The summed E-state index contributed by atoms with van der Waals surface area (Å²) in [6.07, 6.45) is 1.95. The Morgan fingerprint density at radius 2 is 2.05 bits per heavy atom. The molecule has 0 fully saturated rings. The highest BCUT2D eigenvalue weighted by Gasteiger charge is 2.12. The fraction of sp³-hybridized carbons (Fsp3) is 0.312. The second-order valence-electron chi connectivity index (χ2n) is 4.56. The van der Waals surface area contributed by atoms with Crippen molar-refractivity contribution in [3.05, 3.63) is 54.0 Å². The number of nitrogens with one attached hydrogen (secondary N) is 1. The van der Waals surface area contributed by atoms with Crippen LogP contribution in [0.2, 0.25) is 0 Å². The van der Waals surface area contributed by atoms with E-state index in [1.54, 1.807) is 6.26 Å². The molecule has 1 N–H and O–H groups in total. The van der Waals surface area contributed by atoms with Crippen LogP contribution in [0, 0.1) is 0 Å². The second kappa shape index (κ2) is 6.80. The maximum atomic E-state index is 11.9. The number of furan rings is 1. The zero-order valence-electron chi connectivity index (χ0n) is 11.8. The summed E-state index contributed by atoms with van der Waals surface area (Å²) < 4.78 is 10.6. The van der Waals surface area contributed by atoms with Gasteiger partial charge in [-0.25, -0.2) is 0 Å². The van der Waals surface area contributed by atoms with Crippen LogP contribution in [-0.2, 0) is 11.2 Å². The molecule has 0 radical (unpaired) electrons. The van der Waals surface area contributed by atoms with Crippen molar-refractivity contribution in [1.82, 2.24) is 5.32 Å². The summed E-state index contributed by atoms with van der Waals surface area (Å²) in [5, 5.41) is 2.91. The zero-order chi connectivity index (χ0) is 14.4. The van der Waals surface area contributed by atoms with E-state index in [2.05, 4.69) is 5.32 Å². The number of amides is 1. The first-order valence-electron chi connectivity index (χ1n) is 6.73. The summed E-state index contributed by atoms with van der Waals surface area (Å²) in [6, 6.07) is 11.1. The first kappa shape index (κ1) is 14.2. The Morgan fingerprint density at radius 3 is 2.65 bits per heavy atom. The van der Waals surface area contributed by atoms with Gasteiger partial charge in [-0.1, -0.05) is 12.1 Å². The van der Waals surface area contributed by atoms with Crippen LogP contribution in [-0.4, -0.2) is 12.5 Å². The summed E-state index contributed by atoms with van der Waals surface area (Å²) in [5.74, 6) is 1.55. The van der Waals surface area contributed by atoms with Gasteiger partial charge in [-0.3, -0.25) is 4.79 Å². The molecule has 2 aromatic rings. The Balaban J connectivity index is 1.87. The molecular weight excluding hydrogens is 254 g/mol. The Labute approximate surface area is 118 Å². The Kier molecular flexibility index (Phi) is 4.82. The lowest BCUT2D eigenvalue weighted by molar-refractivity contribution is -0.121. The van der Waals surface area contributed by atoms with Crippen molar-refractivity contribution in [2.45, 2.75) is 26.3 Å². The molecule has 2 rings (SSSR count). The normalized spacial score (nSPS) is 11.9. The number of hydrogen-bond acceptors (Lipinski definition) is 3. The van der Waals surface area contributed by atoms with Crippen LogP contribution in [0.4, 0.5) is 0 Å². The van der Waals surface area contributed by atoms with Crippen LogP contribution >= 0.6 is 0 Å². The number of hydrogen-bond donors (Lipinski definition) is 1. The number of carbonyl (C=O) groups excluding carboxylic acids is 1. The maximum absolute atomic E-state index is 11.9. The minimum absolute atomic E-state index is 0.0296. The van der Waals surface area contributed by atoms with E-state index >= 15 is 0 Å². The van der Waals surface area contributed by atoms with Gasteiger partial charge in [-0.05, 0) is 43.7 Å². The predicted molar refractivity (Wildman–Crippen MR) is 76.6 cm³/mol. The smallest absolute Gasteiger partial charge is 0.224 e. The Bertz CT molecular complexity index is 531. The molecule has 1 aromatic heterocycles. The Hall–Kier alpha value is -2.23. The molecule has 1 atom stereocenters. The molecule has 4 nitrogen and oxygen atoms in total. The first-order chi connectivity index (χ1) is 9.69. The van der Waals surface area contributed by atoms with Gasteiger partial charge in [0.05, 0.1) is 25.3 Å². The van der Waals surface area contributed by atoms with E-state index < -0.39 is 0 Å². The minimum atomic E-state index is -0.125. The van der Waals surface area contributed by atoms with Crippen molar-refractivity contribution in [3.63, 3.8) is 0 Å². The molecule has 0 aliphatic rings. The molecular formula is C16H19NO3. The average Bonchev–Trinajstić information content (AvgIpc) is 2.95. The summed E-state index contributed by atoms with van der Waals surface area (Å²) in [7, 11) is 0. The number of ether oxygens (including phenoxy) is 1. The molecule has 20 heavy (non-hydrogen) atoms. The molecule has 0 unspecified atom stereocenters. The lowest BCUT2D eigenvalue weighted by Gasteiger charge is -2.11. The van der Waals surface area contributed by atoms with Gasteiger partial charge in [-0.2, -0.15) is 0 Å². The van der Waals surface area contributed by atoms with Gasteiger partial charge < -0.3 is 14.5 Å². The molecule has 1 amide bonds. The third-order valence-corrected chi connectivity index (χ3v) is 2.95. The predicted octanol–water partition coefficient (Wildman–Crippen LogP) is 3.10. The highest BCUT2D eigenvalue weighted by molar-refractivity contribution is 5.78. The van der Waals surface area contributed by atoms with Crippen molar-refractivity contribution in [2.75, 3.05) is 6.61 Å². The lowest BCUT2D eigenvalue weighted by Crippen LogP contribution is -2.27. The van der Waals surface area contributed by atoms with Crippen molar-refractivity contribution in [3.8, 4) is 5.75 Å². The largest absolute Gasteiger partial charge is 0.494 e. The lowest BCUT2D eigenvalue weighted by atomic mass is 10.1. The number of carbonyl (C=O) groups is 1. The van der Waals surface area contributed by atoms with E-state index in [9.17, 15) is 4.79 Å². The molecule has 106 valence electrons.